The van der Waals surface area contributed by atoms with Crippen molar-refractivity contribution in [2.24, 2.45) is 5.92 Å². The number of hydrogen-bond acceptors (Lipinski definition) is 5. The van der Waals surface area contributed by atoms with Crippen LogP contribution in [0.25, 0.3) is 0 Å². The molecule has 1 aromatic rings. The summed E-state index contributed by atoms with van der Waals surface area (Å²) in [6.07, 6.45) is 2.53. The van der Waals surface area contributed by atoms with Gasteiger partial charge in [-0.1, -0.05) is 12.1 Å². The van der Waals surface area contributed by atoms with Crippen LogP contribution < -0.4 is 14.9 Å². The Morgan fingerprint density at radius 3 is 2.40 bits per heavy atom. The molecule has 2 aliphatic rings. The fourth-order valence-electron chi connectivity index (χ4n) is 3.66. The number of para-hydroxylation sites is 1. The Labute approximate surface area is 157 Å². The van der Waals surface area contributed by atoms with Crippen molar-refractivity contribution in [1.82, 2.24) is 14.9 Å². The summed E-state index contributed by atoms with van der Waals surface area (Å²) in [5.41, 5.74) is 0.813. The molecular weight excluding hydrogens is 360 g/mol. The molecule has 0 amide bonds. The zero-order valence-corrected chi connectivity index (χ0v) is 16.4. The van der Waals surface area contributed by atoms with Gasteiger partial charge in [-0.15, -0.1) is 12.4 Å². The standard InChI is InChI=1S/C17H28N4O2S.ClH/c1-18-24(22,23)17-5-3-2-4-16(17)21-12-10-20(11-13-21)14-15-6-8-19-9-7-15;/h2-5,15,18-19H,6-14H2,1H3;1H. The minimum atomic E-state index is -3.43. The molecule has 0 unspecified atom stereocenters. The number of hydrogen-bond donors (Lipinski definition) is 2. The number of halogens is 1. The fraction of sp³-hybridized carbons (Fsp3) is 0.647. The maximum atomic E-state index is 12.2. The van der Waals surface area contributed by atoms with E-state index in [9.17, 15) is 8.42 Å². The summed E-state index contributed by atoms with van der Waals surface area (Å²) >= 11 is 0. The van der Waals surface area contributed by atoms with E-state index in [0.717, 1.165) is 50.9 Å². The first-order valence-electron chi connectivity index (χ1n) is 8.81. The molecular formula is C17H29ClN4O2S. The molecule has 142 valence electrons. The van der Waals surface area contributed by atoms with Crippen LogP contribution in [0.3, 0.4) is 0 Å². The van der Waals surface area contributed by atoms with E-state index >= 15 is 0 Å². The first kappa shape index (κ1) is 20.5. The molecule has 8 heteroatoms. The van der Waals surface area contributed by atoms with Gasteiger partial charge in [-0.05, 0) is 51.0 Å². The van der Waals surface area contributed by atoms with Crippen LogP contribution in [0.15, 0.2) is 29.2 Å². The van der Waals surface area contributed by atoms with Gasteiger partial charge in [0.1, 0.15) is 4.90 Å². The second-order valence-electron chi connectivity index (χ2n) is 6.66. The van der Waals surface area contributed by atoms with Gasteiger partial charge in [-0.3, -0.25) is 4.90 Å². The Morgan fingerprint density at radius 1 is 1.12 bits per heavy atom. The van der Waals surface area contributed by atoms with Crippen LogP contribution in [0.4, 0.5) is 5.69 Å². The van der Waals surface area contributed by atoms with E-state index < -0.39 is 10.0 Å². The molecule has 0 spiro atoms. The average Bonchev–Trinajstić information content (AvgIpc) is 2.63. The molecule has 0 saturated carbocycles. The van der Waals surface area contributed by atoms with Gasteiger partial charge < -0.3 is 10.2 Å². The Balaban J connectivity index is 0.00000225. The molecule has 2 N–H and O–H groups in total. The van der Waals surface area contributed by atoms with Crippen LogP contribution in [0.1, 0.15) is 12.8 Å². The van der Waals surface area contributed by atoms with Gasteiger partial charge in [-0.25, -0.2) is 13.1 Å². The molecule has 0 radical (unpaired) electrons. The van der Waals surface area contributed by atoms with E-state index in [4.69, 9.17) is 0 Å². The number of sulfonamides is 1. The molecule has 2 saturated heterocycles. The van der Waals surface area contributed by atoms with Gasteiger partial charge in [0.2, 0.25) is 10.0 Å². The summed E-state index contributed by atoms with van der Waals surface area (Å²) < 4.78 is 26.9. The SMILES string of the molecule is CNS(=O)(=O)c1ccccc1N1CCN(CC2CCNCC2)CC1.Cl. The average molecular weight is 389 g/mol. The minimum absolute atomic E-state index is 0. The molecule has 0 aromatic heterocycles. The first-order valence-corrected chi connectivity index (χ1v) is 10.3. The molecule has 1 aromatic carbocycles. The molecule has 2 aliphatic heterocycles. The highest BCUT2D eigenvalue weighted by Crippen LogP contribution is 2.26. The smallest absolute Gasteiger partial charge is 0.242 e. The number of piperidine rings is 1. The third kappa shape index (κ3) is 5.08. The van der Waals surface area contributed by atoms with Crippen LogP contribution in [0.2, 0.25) is 0 Å². The van der Waals surface area contributed by atoms with Gasteiger partial charge in [0.15, 0.2) is 0 Å². The number of nitrogens with one attached hydrogen (secondary N) is 2. The van der Waals surface area contributed by atoms with Crippen molar-refractivity contribution in [3.05, 3.63) is 24.3 Å². The van der Waals surface area contributed by atoms with Crippen LogP contribution in [0, 0.1) is 5.92 Å². The number of benzene rings is 1. The molecule has 25 heavy (non-hydrogen) atoms. The van der Waals surface area contributed by atoms with Gasteiger partial charge >= 0.3 is 0 Å². The van der Waals surface area contributed by atoms with Crippen molar-refractivity contribution >= 4 is 28.1 Å². The lowest BCUT2D eigenvalue weighted by atomic mass is 9.97. The van der Waals surface area contributed by atoms with E-state index in [1.165, 1.54) is 26.4 Å². The maximum absolute atomic E-state index is 12.2. The largest absolute Gasteiger partial charge is 0.368 e. The van der Waals surface area contributed by atoms with Crippen molar-refractivity contribution < 1.29 is 8.42 Å². The van der Waals surface area contributed by atoms with Crippen LogP contribution in [-0.4, -0.2) is 66.2 Å². The quantitative estimate of drug-likeness (QED) is 0.791. The van der Waals surface area contributed by atoms with Gasteiger partial charge in [0.05, 0.1) is 5.69 Å². The third-order valence-corrected chi connectivity index (χ3v) is 6.57. The Bertz CT molecular complexity index is 642. The topological polar surface area (TPSA) is 64.7 Å². The van der Waals surface area contributed by atoms with Crippen LogP contribution >= 0.6 is 12.4 Å². The second kappa shape index (κ2) is 9.19. The highest BCUT2D eigenvalue weighted by atomic mass is 35.5. The number of anilines is 1. The van der Waals surface area contributed by atoms with E-state index in [-0.39, 0.29) is 12.4 Å². The zero-order chi connectivity index (χ0) is 17.0. The molecule has 2 fully saturated rings. The normalized spacial score (nSPS) is 20.3. The van der Waals surface area contributed by atoms with E-state index in [0.29, 0.717) is 4.90 Å². The number of piperazine rings is 1. The summed E-state index contributed by atoms with van der Waals surface area (Å²) in [6.45, 7) is 7.20. The van der Waals surface area contributed by atoms with Crippen molar-refractivity contribution in [3.8, 4) is 0 Å². The van der Waals surface area contributed by atoms with E-state index in [2.05, 4.69) is 19.8 Å². The highest BCUT2D eigenvalue weighted by Gasteiger charge is 2.25. The summed E-state index contributed by atoms with van der Waals surface area (Å²) in [7, 11) is -1.97. The summed E-state index contributed by atoms with van der Waals surface area (Å²) in [6, 6.07) is 7.28. The molecule has 0 atom stereocenters. The second-order valence-corrected chi connectivity index (χ2v) is 8.51. The number of rotatable bonds is 5. The predicted octanol–water partition coefficient (Wildman–Crippen LogP) is 1.14. The van der Waals surface area contributed by atoms with Gasteiger partial charge in [0, 0.05) is 32.7 Å². The van der Waals surface area contributed by atoms with E-state index in [1.54, 1.807) is 12.1 Å². The summed E-state index contributed by atoms with van der Waals surface area (Å²) in [5.74, 6) is 0.801. The molecule has 3 rings (SSSR count). The molecule has 6 nitrogen and oxygen atoms in total. The molecule has 0 bridgehead atoms. The predicted molar refractivity (Wildman–Crippen MR) is 104 cm³/mol. The van der Waals surface area contributed by atoms with Crippen molar-refractivity contribution in [2.45, 2.75) is 17.7 Å². The van der Waals surface area contributed by atoms with Gasteiger partial charge in [-0.2, -0.15) is 0 Å². The fourth-order valence-corrected chi connectivity index (χ4v) is 4.61. The van der Waals surface area contributed by atoms with Gasteiger partial charge in [0.25, 0.3) is 0 Å². The molecule has 0 aliphatic carbocycles. The van der Waals surface area contributed by atoms with Crippen LogP contribution in [-0.2, 0) is 10.0 Å². The van der Waals surface area contributed by atoms with Crippen molar-refractivity contribution in [2.75, 3.05) is 57.8 Å². The Morgan fingerprint density at radius 2 is 1.76 bits per heavy atom. The Hall–Kier alpha value is -0.860. The van der Waals surface area contributed by atoms with Crippen molar-refractivity contribution in [3.63, 3.8) is 0 Å². The maximum Gasteiger partial charge on any atom is 0.242 e. The summed E-state index contributed by atoms with van der Waals surface area (Å²) in [4.78, 5) is 5.10. The minimum Gasteiger partial charge on any atom is -0.368 e. The molecule has 2 heterocycles. The number of nitrogens with zero attached hydrogens (tertiary/aromatic N) is 2. The lowest BCUT2D eigenvalue weighted by Crippen LogP contribution is -2.49. The first-order chi connectivity index (χ1) is 11.6. The monoisotopic (exact) mass is 388 g/mol. The van der Waals surface area contributed by atoms with Crippen LogP contribution in [0.5, 0.6) is 0 Å². The van der Waals surface area contributed by atoms with Crippen molar-refractivity contribution in [1.29, 1.82) is 0 Å². The summed E-state index contributed by atoms with van der Waals surface area (Å²) in [5, 5.41) is 3.42. The Kier molecular flexibility index (Phi) is 7.51. The lowest BCUT2D eigenvalue weighted by molar-refractivity contribution is 0.196. The third-order valence-electron chi connectivity index (χ3n) is 5.11. The van der Waals surface area contributed by atoms with E-state index in [1.807, 2.05) is 12.1 Å². The zero-order valence-electron chi connectivity index (χ0n) is 14.8. The highest BCUT2D eigenvalue weighted by molar-refractivity contribution is 7.89. The lowest BCUT2D eigenvalue weighted by Gasteiger charge is -2.38.